The number of nitrogens with zero attached hydrogens (tertiary/aromatic N) is 4. The van der Waals surface area contributed by atoms with Gasteiger partial charge in [0.05, 0.1) is 6.26 Å². The van der Waals surface area contributed by atoms with Crippen LogP contribution in [0.15, 0.2) is 57.9 Å². The molecule has 3 heterocycles. The molecule has 1 unspecified atom stereocenters. The quantitative estimate of drug-likeness (QED) is 0.639. The van der Waals surface area contributed by atoms with E-state index in [0.717, 1.165) is 11.3 Å². The van der Waals surface area contributed by atoms with Crippen LogP contribution >= 0.6 is 11.6 Å². The maximum atomic E-state index is 13.1. The fourth-order valence-electron chi connectivity index (χ4n) is 3.72. The molecule has 0 aliphatic carbocycles. The van der Waals surface area contributed by atoms with Gasteiger partial charge < -0.3 is 14.2 Å². The summed E-state index contributed by atoms with van der Waals surface area (Å²) in [6.45, 7) is 6.30. The first-order valence-corrected chi connectivity index (χ1v) is 10.3. The first kappa shape index (κ1) is 20.2. The van der Waals surface area contributed by atoms with Gasteiger partial charge in [0.25, 0.3) is 5.56 Å². The molecule has 1 aliphatic rings. The van der Waals surface area contributed by atoms with Crippen LogP contribution in [0.5, 0.6) is 0 Å². The van der Waals surface area contributed by atoms with E-state index in [-0.39, 0.29) is 11.5 Å². The molecule has 7 nitrogen and oxygen atoms in total. The third-order valence-electron chi connectivity index (χ3n) is 5.43. The van der Waals surface area contributed by atoms with Crippen LogP contribution in [0.1, 0.15) is 18.5 Å². The summed E-state index contributed by atoms with van der Waals surface area (Å²) in [5.74, 6) is 0.428. The predicted octanol–water partition coefficient (Wildman–Crippen LogP) is 3.37. The summed E-state index contributed by atoms with van der Waals surface area (Å²) in [7, 11) is 0. The minimum Gasteiger partial charge on any atom is -0.463 e. The van der Waals surface area contributed by atoms with Crippen molar-refractivity contribution in [3.8, 4) is 11.5 Å². The average Bonchev–Trinajstić information content (AvgIpc) is 3.30. The topological polar surface area (TPSA) is 71.6 Å². The molecular weight excluding hydrogens is 404 g/mol. The number of furan rings is 1. The number of carbonyl (C=O) groups excluding carboxylic acids is 1. The second-order valence-electron chi connectivity index (χ2n) is 7.40. The number of aromatic nitrogens is 2. The zero-order chi connectivity index (χ0) is 21.3. The first-order chi connectivity index (χ1) is 14.4. The number of hydrogen-bond donors (Lipinski definition) is 0. The summed E-state index contributed by atoms with van der Waals surface area (Å²) in [4.78, 5) is 29.5. The molecule has 0 spiro atoms. The van der Waals surface area contributed by atoms with Crippen molar-refractivity contribution in [2.45, 2.75) is 19.9 Å². The number of rotatable bonds is 4. The molecule has 0 saturated carbocycles. The zero-order valence-electron chi connectivity index (χ0n) is 16.9. The van der Waals surface area contributed by atoms with E-state index < -0.39 is 6.04 Å². The summed E-state index contributed by atoms with van der Waals surface area (Å²) in [5.41, 5.74) is 2.43. The van der Waals surface area contributed by atoms with Gasteiger partial charge in [-0.3, -0.25) is 9.59 Å². The minimum absolute atomic E-state index is 0.122. The van der Waals surface area contributed by atoms with Crippen molar-refractivity contribution in [1.29, 1.82) is 0 Å². The number of piperazine rings is 1. The maximum Gasteiger partial charge on any atom is 0.267 e. The fraction of sp³-hybridized carbons (Fsp3) is 0.318. The van der Waals surface area contributed by atoms with E-state index in [2.05, 4.69) is 16.9 Å². The number of benzene rings is 1. The van der Waals surface area contributed by atoms with Crippen LogP contribution < -0.4 is 10.5 Å². The molecule has 0 radical (unpaired) electrons. The molecule has 1 aromatic carbocycles. The van der Waals surface area contributed by atoms with E-state index in [0.29, 0.717) is 42.7 Å². The lowest BCUT2D eigenvalue weighted by molar-refractivity contribution is -0.135. The standard InChI is InChI=1S/C22H23ClN4O3/c1-15-5-6-17(23)14-19(15)25-9-11-26(12-10-25)22(29)16(2)27-21(28)8-7-18(24-27)20-4-3-13-30-20/h3-8,13-14,16H,9-12H2,1-2H3. The number of amides is 1. The van der Waals surface area contributed by atoms with Gasteiger partial charge in [-0.05, 0) is 49.7 Å². The van der Waals surface area contributed by atoms with Crippen molar-refractivity contribution in [2.75, 3.05) is 31.1 Å². The summed E-state index contributed by atoms with van der Waals surface area (Å²) in [5, 5.41) is 5.05. The Morgan fingerprint density at radius 3 is 2.60 bits per heavy atom. The van der Waals surface area contributed by atoms with Gasteiger partial charge >= 0.3 is 0 Å². The van der Waals surface area contributed by atoms with Gasteiger partial charge in [0.1, 0.15) is 11.7 Å². The Morgan fingerprint density at radius 2 is 1.90 bits per heavy atom. The largest absolute Gasteiger partial charge is 0.463 e. The van der Waals surface area contributed by atoms with Crippen molar-refractivity contribution in [3.05, 3.63) is 69.7 Å². The van der Waals surface area contributed by atoms with Crippen molar-refractivity contribution >= 4 is 23.2 Å². The molecule has 0 bridgehead atoms. The van der Waals surface area contributed by atoms with Crippen LogP contribution in [0, 0.1) is 6.92 Å². The smallest absolute Gasteiger partial charge is 0.267 e. The van der Waals surface area contributed by atoms with Gasteiger partial charge in [-0.25, -0.2) is 4.68 Å². The second-order valence-corrected chi connectivity index (χ2v) is 7.83. The highest BCUT2D eigenvalue weighted by molar-refractivity contribution is 6.30. The number of aryl methyl sites for hydroxylation is 1. The summed E-state index contributed by atoms with van der Waals surface area (Å²) in [6, 6.07) is 11.7. The van der Waals surface area contributed by atoms with E-state index in [9.17, 15) is 9.59 Å². The van der Waals surface area contributed by atoms with Gasteiger partial charge in [0.15, 0.2) is 5.76 Å². The first-order valence-electron chi connectivity index (χ1n) is 9.87. The highest BCUT2D eigenvalue weighted by Gasteiger charge is 2.28. The molecule has 3 aromatic rings. The number of carbonyl (C=O) groups is 1. The normalized spacial score (nSPS) is 15.3. The van der Waals surface area contributed by atoms with Gasteiger partial charge in [-0.15, -0.1) is 0 Å². The van der Waals surface area contributed by atoms with Crippen LogP contribution in [0.2, 0.25) is 5.02 Å². The lowest BCUT2D eigenvalue weighted by Crippen LogP contribution is -2.51. The van der Waals surface area contributed by atoms with Gasteiger partial charge in [0, 0.05) is 43.0 Å². The van der Waals surface area contributed by atoms with Crippen LogP contribution in [0.25, 0.3) is 11.5 Å². The average molecular weight is 427 g/mol. The molecule has 156 valence electrons. The number of anilines is 1. The Kier molecular flexibility index (Phi) is 5.63. The predicted molar refractivity (Wildman–Crippen MR) is 116 cm³/mol. The van der Waals surface area contributed by atoms with Crippen molar-refractivity contribution in [3.63, 3.8) is 0 Å². The summed E-state index contributed by atoms with van der Waals surface area (Å²) < 4.78 is 6.58. The molecule has 1 atom stereocenters. The maximum absolute atomic E-state index is 13.1. The Balaban J connectivity index is 1.47. The van der Waals surface area contributed by atoms with Gasteiger partial charge in [-0.1, -0.05) is 17.7 Å². The molecule has 0 N–H and O–H groups in total. The van der Waals surface area contributed by atoms with Crippen molar-refractivity contribution in [1.82, 2.24) is 14.7 Å². The molecule has 8 heteroatoms. The lowest BCUT2D eigenvalue weighted by atomic mass is 10.1. The van der Waals surface area contributed by atoms with E-state index >= 15 is 0 Å². The van der Waals surface area contributed by atoms with Crippen molar-refractivity contribution in [2.24, 2.45) is 0 Å². The fourth-order valence-corrected chi connectivity index (χ4v) is 3.88. The highest BCUT2D eigenvalue weighted by atomic mass is 35.5. The van der Waals surface area contributed by atoms with Crippen LogP contribution in [-0.2, 0) is 4.79 Å². The molecule has 2 aromatic heterocycles. The Morgan fingerprint density at radius 1 is 1.13 bits per heavy atom. The summed E-state index contributed by atoms with van der Waals surface area (Å²) in [6.07, 6.45) is 1.54. The van der Waals surface area contributed by atoms with E-state index in [1.807, 2.05) is 18.2 Å². The van der Waals surface area contributed by atoms with Crippen molar-refractivity contribution < 1.29 is 9.21 Å². The lowest BCUT2D eigenvalue weighted by Gasteiger charge is -2.37. The Labute approximate surface area is 179 Å². The SMILES string of the molecule is Cc1ccc(Cl)cc1N1CCN(C(=O)C(C)n2nc(-c3ccco3)ccc2=O)CC1. The molecule has 1 saturated heterocycles. The summed E-state index contributed by atoms with van der Waals surface area (Å²) >= 11 is 6.15. The molecular formula is C22H23ClN4O3. The molecule has 1 amide bonds. The number of hydrogen-bond acceptors (Lipinski definition) is 5. The van der Waals surface area contributed by atoms with Crippen LogP contribution in [0.4, 0.5) is 5.69 Å². The van der Waals surface area contributed by atoms with Crippen LogP contribution in [0.3, 0.4) is 0 Å². The van der Waals surface area contributed by atoms with E-state index in [4.69, 9.17) is 16.0 Å². The second kappa shape index (κ2) is 8.36. The Bertz CT molecular complexity index is 1100. The van der Waals surface area contributed by atoms with Gasteiger partial charge in [0.2, 0.25) is 5.91 Å². The van der Waals surface area contributed by atoms with E-state index in [1.54, 1.807) is 36.3 Å². The molecule has 4 rings (SSSR count). The van der Waals surface area contributed by atoms with Crippen LogP contribution in [-0.4, -0.2) is 46.8 Å². The third-order valence-corrected chi connectivity index (χ3v) is 5.66. The molecule has 1 aliphatic heterocycles. The minimum atomic E-state index is -0.702. The van der Waals surface area contributed by atoms with Gasteiger partial charge in [-0.2, -0.15) is 5.10 Å². The molecule has 1 fully saturated rings. The van der Waals surface area contributed by atoms with E-state index in [1.165, 1.54) is 10.7 Å². The Hall–Kier alpha value is -3.06. The zero-order valence-corrected chi connectivity index (χ0v) is 17.7. The molecule has 30 heavy (non-hydrogen) atoms. The monoisotopic (exact) mass is 426 g/mol. The third kappa shape index (κ3) is 3.98. The highest BCUT2D eigenvalue weighted by Crippen LogP contribution is 2.26. The number of halogens is 1.